The third kappa shape index (κ3) is 6.57. The van der Waals surface area contributed by atoms with E-state index in [1.165, 1.54) is 31.7 Å². The van der Waals surface area contributed by atoms with Gasteiger partial charge in [0.2, 0.25) is 0 Å². The molecule has 2 heteroatoms. The van der Waals surface area contributed by atoms with Crippen molar-refractivity contribution >= 4 is 8.32 Å². The van der Waals surface area contributed by atoms with Crippen LogP contribution < -0.4 is 0 Å². The summed E-state index contributed by atoms with van der Waals surface area (Å²) in [4.78, 5) is 0. The maximum atomic E-state index is 5.21. The van der Waals surface area contributed by atoms with Crippen molar-refractivity contribution in [2.24, 2.45) is 0 Å². The molecule has 0 atom stereocenters. The summed E-state index contributed by atoms with van der Waals surface area (Å²) in [5.74, 6) is 0. The minimum absolute atomic E-state index is 1.26. The Morgan fingerprint density at radius 3 is 2.27 bits per heavy atom. The molecule has 1 radical (unpaired) electrons. The van der Waals surface area contributed by atoms with Crippen LogP contribution in [0, 0.1) is 7.11 Å². The molecule has 0 rings (SSSR count). The van der Waals surface area contributed by atoms with E-state index in [9.17, 15) is 0 Å². The molecule has 0 aliphatic carbocycles. The van der Waals surface area contributed by atoms with Crippen LogP contribution in [0.4, 0.5) is 0 Å². The van der Waals surface area contributed by atoms with Gasteiger partial charge >= 0.3 is 0 Å². The van der Waals surface area contributed by atoms with Crippen molar-refractivity contribution in [3.8, 4) is 0 Å². The summed E-state index contributed by atoms with van der Waals surface area (Å²) in [7, 11) is 2.18. The molecule has 0 spiro atoms. The molecular formula is C9H21OSi. The van der Waals surface area contributed by atoms with E-state index in [2.05, 4.69) is 27.1 Å². The van der Waals surface area contributed by atoms with Gasteiger partial charge in [-0.3, -0.25) is 0 Å². The Hall–Kier alpha value is 0.177. The largest absolute Gasteiger partial charge is 0.415 e. The number of rotatable bonds is 6. The van der Waals surface area contributed by atoms with Gasteiger partial charge in [0.05, 0.1) is 7.11 Å². The lowest BCUT2D eigenvalue weighted by Crippen LogP contribution is -2.26. The third-order valence-electron chi connectivity index (χ3n) is 2.02. The zero-order valence-corrected chi connectivity index (χ0v) is 9.15. The lowest BCUT2D eigenvalue weighted by Gasteiger charge is -2.18. The highest BCUT2D eigenvalue weighted by atomic mass is 28.4. The average Bonchev–Trinajstić information content (AvgIpc) is 1.99. The van der Waals surface area contributed by atoms with Crippen LogP contribution in [-0.2, 0) is 4.43 Å². The monoisotopic (exact) mass is 173 g/mol. The fourth-order valence-corrected chi connectivity index (χ4v) is 2.30. The van der Waals surface area contributed by atoms with E-state index in [1.54, 1.807) is 0 Å². The average molecular weight is 173 g/mol. The van der Waals surface area contributed by atoms with Crippen molar-refractivity contribution in [2.45, 2.75) is 51.7 Å². The van der Waals surface area contributed by atoms with Gasteiger partial charge in [0.25, 0.3) is 0 Å². The lowest BCUT2D eigenvalue weighted by molar-refractivity contribution is 0.458. The number of hydrogen-bond donors (Lipinski definition) is 0. The van der Waals surface area contributed by atoms with Crippen LogP contribution in [0.1, 0.15) is 32.6 Å². The molecule has 0 N–H and O–H groups in total. The van der Waals surface area contributed by atoms with E-state index in [4.69, 9.17) is 4.43 Å². The second-order valence-electron chi connectivity index (χ2n) is 3.71. The molecular weight excluding hydrogens is 152 g/mol. The number of hydrogen-bond acceptors (Lipinski definition) is 1. The molecule has 67 valence electrons. The first-order valence-electron chi connectivity index (χ1n) is 4.55. The normalized spacial score (nSPS) is 12.0. The zero-order valence-electron chi connectivity index (χ0n) is 8.15. The highest BCUT2D eigenvalue weighted by Gasteiger charge is 2.18. The van der Waals surface area contributed by atoms with Gasteiger partial charge in [-0.15, -0.1) is 0 Å². The Labute approximate surface area is 72.3 Å². The van der Waals surface area contributed by atoms with Crippen LogP contribution in [0.2, 0.25) is 19.1 Å². The van der Waals surface area contributed by atoms with E-state index in [0.29, 0.717) is 0 Å². The smallest absolute Gasteiger partial charge is 0.186 e. The van der Waals surface area contributed by atoms with Crippen molar-refractivity contribution in [3.05, 3.63) is 7.11 Å². The van der Waals surface area contributed by atoms with E-state index >= 15 is 0 Å². The molecule has 0 aliphatic rings. The van der Waals surface area contributed by atoms with Crippen LogP contribution in [0.5, 0.6) is 0 Å². The standard InChI is InChI=1S/C9H21OSi/c1-5-6-7-8-9-11(3,4)10-2/h2,5-9H2,1,3-4H3. The second kappa shape index (κ2) is 5.78. The van der Waals surface area contributed by atoms with Gasteiger partial charge in [0.15, 0.2) is 8.32 Å². The Kier molecular flexibility index (Phi) is 5.87. The molecule has 0 aromatic carbocycles. The maximum Gasteiger partial charge on any atom is 0.186 e. The SMILES string of the molecule is [CH2]O[Si](C)(C)CCCCCC. The minimum Gasteiger partial charge on any atom is -0.415 e. The summed E-state index contributed by atoms with van der Waals surface area (Å²) in [6.07, 6.45) is 5.35. The fraction of sp³-hybridized carbons (Fsp3) is 0.889. The summed E-state index contributed by atoms with van der Waals surface area (Å²) in [6, 6.07) is 1.26. The zero-order chi connectivity index (χ0) is 8.74. The van der Waals surface area contributed by atoms with Crippen molar-refractivity contribution in [1.82, 2.24) is 0 Å². The quantitative estimate of drug-likeness (QED) is 0.440. The van der Waals surface area contributed by atoms with Crippen LogP contribution in [0.15, 0.2) is 0 Å². The molecule has 0 unspecified atom stereocenters. The molecule has 0 aromatic rings. The van der Waals surface area contributed by atoms with Crippen molar-refractivity contribution in [3.63, 3.8) is 0 Å². The van der Waals surface area contributed by atoms with Crippen LogP contribution >= 0.6 is 0 Å². The molecule has 0 bridgehead atoms. The van der Waals surface area contributed by atoms with E-state index in [1.807, 2.05) is 0 Å². The predicted octanol–water partition coefficient (Wildman–Crippen LogP) is 3.58. The first-order chi connectivity index (χ1) is 5.12. The summed E-state index contributed by atoms with van der Waals surface area (Å²) in [6.45, 7) is 6.69. The van der Waals surface area contributed by atoms with Crippen molar-refractivity contribution < 1.29 is 4.43 Å². The second-order valence-corrected chi connectivity index (χ2v) is 8.02. The van der Waals surface area contributed by atoms with E-state index in [0.717, 1.165) is 0 Å². The summed E-state index contributed by atoms with van der Waals surface area (Å²) in [5.41, 5.74) is 0. The Morgan fingerprint density at radius 1 is 1.18 bits per heavy atom. The first-order valence-corrected chi connectivity index (χ1v) is 7.67. The Morgan fingerprint density at radius 2 is 1.82 bits per heavy atom. The fourth-order valence-electron chi connectivity index (χ4n) is 1.05. The Balaban J connectivity index is 3.23. The van der Waals surface area contributed by atoms with Gasteiger partial charge < -0.3 is 4.43 Å². The van der Waals surface area contributed by atoms with E-state index in [-0.39, 0.29) is 0 Å². The predicted molar refractivity (Wildman–Crippen MR) is 52.9 cm³/mol. The summed E-state index contributed by atoms with van der Waals surface area (Å²) in [5, 5.41) is 0. The molecule has 0 saturated carbocycles. The maximum absolute atomic E-state index is 5.21. The highest BCUT2D eigenvalue weighted by molar-refractivity contribution is 6.71. The topological polar surface area (TPSA) is 9.23 Å². The van der Waals surface area contributed by atoms with Gasteiger partial charge in [-0.25, -0.2) is 0 Å². The molecule has 0 heterocycles. The molecule has 11 heavy (non-hydrogen) atoms. The molecule has 0 aromatic heterocycles. The molecule has 0 saturated heterocycles. The van der Waals surface area contributed by atoms with E-state index < -0.39 is 8.32 Å². The van der Waals surface area contributed by atoms with Gasteiger partial charge in [-0.05, 0) is 19.1 Å². The molecule has 0 aliphatic heterocycles. The Bertz CT molecular complexity index is 91.6. The minimum atomic E-state index is -1.34. The van der Waals surface area contributed by atoms with Crippen molar-refractivity contribution in [1.29, 1.82) is 0 Å². The van der Waals surface area contributed by atoms with Crippen LogP contribution in [0.3, 0.4) is 0 Å². The van der Waals surface area contributed by atoms with Gasteiger partial charge in [0.1, 0.15) is 0 Å². The third-order valence-corrected chi connectivity index (χ3v) is 4.36. The summed E-state index contributed by atoms with van der Waals surface area (Å²) < 4.78 is 5.21. The highest BCUT2D eigenvalue weighted by Crippen LogP contribution is 2.15. The lowest BCUT2D eigenvalue weighted by atomic mass is 10.2. The molecule has 0 amide bonds. The van der Waals surface area contributed by atoms with Gasteiger partial charge in [-0.2, -0.15) is 0 Å². The summed E-state index contributed by atoms with van der Waals surface area (Å²) >= 11 is 0. The van der Waals surface area contributed by atoms with Crippen LogP contribution in [0.25, 0.3) is 0 Å². The van der Waals surface area contributed by atoms with Crippen molar-refractivity contribution in [2.75, 3.05) is 0 Å². The molecule has 1 nitrogen and oxygen atoms in total. The molecule has 0 fully saturated rings. The first kappa shape index (κ1) is 11.2. The van der Waals surface area contributed by atoms with Gasteiger partial charge in [-0.1, -0.05) is 32.6 Å². The number of unbranched alkanes of at least 4 members (excludes halogenated alkanes) is 3. The van der Waals surface area contributed by atoms with Gasteiger partial charge in [0, 0.05) is 0 Å². The van der Waals surface area contributed by atoms with Crippen LogP contribution in [-0.4, -0.2) is 8.32 Å².